The van der Waals surface area contributed by atoms with Gasteiger partial charge in [0.05, 0.1) is 0 Å². The Morgan fingerprint density at radius 3 is 3.05 bits per heavy atom. The second-order valence-electron chi connectivity index (χ2n) is 6.36. The number of furan rings is 1. The lowest BCUT2D eigenvalue weighted by atomic mass is 9.84. The van der Waals surface area contributed by atoms with Crippen LogP contribution >= 0.6 is 0 Å². The van der Waals surface area contributed by atoms with Crippen LogP contribution in [0.5, 0.6) is 0 Å². The lowest BCUT2D eigenvalue weighted by molar-refractivity contribution is 0.0917. The minimum atomic E-state index is 0.127. The second kappa shape index (κ2) is 6.02. The van der Waals surface area contributed by atoms with Crippen LogP contribution in [0.2, 0.25) is 0 Å². The molecule has 0 radical (unpaired) electrons. The van der Waals surface area contributed by atoms with Crippen molar-refractivity contribution in [3.63, 3.8) is 0 Å². The van der Waals surface area contributed by atoms with Gasteiger partial charge >= 0.3 is 0 Å². The number of rotatable bonds is 4. The summed E-state index contributed by atoms with van der Waals surface area (Å²) in [6.07, 6.45) is 3.01. The number of carbonyl (C=O) groups excluding carboxylic acids is 1. The third-order valence-electron chi connectivity index (χ3n) is 4.59. The zero-order valence-corrected chi connectivity index (χ0v) is 12.8. The fourth-order valence-corrected chi connectivity index (χ4v) is 3.22. The summed E-state index contributed by atoms with van der Waals surface area (Å²) >= 11 is 0. The summed E-state index contributed by atoms with van der Waals surface area (Å²) in [5, 5.41) is 4.44. The molecule has 2 heterocycles. The molecule has 2 atom stereocenters. The maximum Gasteiger partial charge on any atom is 0.198 e. The molecule has 1 aromatic heterocycles. The molecule has 112 valence electrons. The Labute approximate surface area is 125 Å². The normalized spacial score (nSPS) is 20.6. The van der Waals surface area contributed by atoms with E-state index in [1.54, 1.807) is 0 Å². The Morgan fingerprint density at radius 2 is 2.29 bits per heavy atom. The Balaban J connectivity index is 1.71. The van der Waals surface area contributed by atoms with Gasteiger partial charge in [0.25, 0.3) is 0 Å². The second-order valence-corrected chi connectivity index (χ2v) is 6.36. The molecule has 3 rings (SSSR count). The van der Waals surface area contributed by atoms with Gasteiger partial charge in [-0.25, -0.2) is 0 Å². The molecule has 1 aliphatic heterocycles. The highest BCUT2D eigenvalue weighted by molar-refractivity contribution is 5.97. The van der Waals surface area contributed by atoms with Gasteiger partial charge in [0, 0.05) is 11.8 Å². The molecule has 1 aromatic carbocycles. The maximum absolute atomic E-state index is 12.4. The molecule has 1 N–H and O–H groups in total. The SMILES string of the molecule is Cc1ccc2oc(C(=O)CC(C)C3CCCNC3)cc2c1. The first kappa shape index (κ1) is 14.3. The molecular formula is C18H23NO2. The highest BCUT2D eigenvalue weighted by Gasteiger charge is 2.23. The first-order valence-electron chi connectivity index (χ1n) is 7.87. The Hall–Kier alpha value is -1.61. The number of hydrogen-bond donors (Lipinski definition) is 1. The third kappa shape index (κ3) is 3.18. The van der Waals surface area contributed by atoms with Gasteiger partial charge < -0.3 is 9.73 Å². The zero-order valence-electron chi connectivity index (χ0n) is 12.8. The van der Waals surface area contributed by atoms with Crippen molar-refractivity contribution in [2.45, 2.75) is 33.1 Å². The standard InChI is InChI=1S/C18H23NO2/c1-12-5-6-17-15(8-12)10-18(21-17)16(20)9-13(2)14-4-3-7-19-11-14/h5-6,8,10,13-14,19H,3-4,7,9,11H2,1-2H3. The fraction of sp³-hybridized carbons (Fsp3) is 0.500. The van der Waals surface area contributed by atoms with Crippen LogP contribution in [0.3, 0.4) is 0 Å². The molecular weight excluding hydrogens is 262 g/mol. The molecule has 0 bridgehead atoms. The average molecular weight is 285 g/mol. The molecule has 3 nitrogen and oxygen atoms in total. The topological polar surface area (TPSA) is 42.2 Å². The number of benzene rings is 1. The largest absolute Gasteiger partial charge is 0.453 e. The molecule has 0 amide bonds. The summed E-state index contributed by atoms with van der Waals surface area (Å²) in [7, 11) is 0. The molecule has 0 aliphatic carbocycles. The number of fused-ring (bicyclic) bond motifs is 1. The minimum Gasteiger partial charge on any atom is -0.453 e. The van der Waals surface area contributed by atoms with Crippen LogP contribution in [0.15, 0.2) is 28.7 Å². The average Bonchev–Trinajstić information content (AvgIpc) is 2.91. The van der Waals surface area contributed by atoms with E-state index in [9.17, 15) is 4.79 Å². The molecule has 1 fully saturated rings. The van der Waals surface area contributed by atoms with Crippen molar-refractivity contribution >= 4 is 16.8 Å². The van der Waals surface area contributed by atoms with E-state index in [1.165, 1.54) is 18.4 Å². The monoisotopic (exact) mass is 285 g/mol. The first-order valence-corrected chi connectivity index (χ1v) is 7.87. The quantitative estimate of drug-likeness (QED) is 0.865. The number of carbonyl (C=O) groups is 1. The van der Waals surface area contributed by atoms with Crippen molar-refractivity contribution in [1.29, 1.82) is 0 Å². The van der Waals surface area contributed by atoms with E-state index in [4.69, 9.17) is 4.42 Å². The number of piperidine rings is 1. The van der Waals surface area contributed by atoms with Crippen LogP contribution < -0.4 is 5.32 Å². The van der Waals surface area contributed by atoms with E-state index in [1.807, 2.05) is 25.1 Å². The number of hydrogen-bond acceptors (Lipinski definition) is 3. The molecule has 3 heteroatoms. The van der Waals surface area contributed by atoms with Crippen molar-refractivity contribution in [2.75, 3.05) is 13.1 Å². The van der Waals surface area contributed by atoms with Gasteiger partial charge in [-0.3, -0.25) is 4.79 Å². The van der Waals surface area contributed by atoms with Crippen molar-refractivity contribution in [3.8, 4) is 0 Å². The van der Waals surface area contributed by atoms with Crippen LogP contribution in [0.1, 0.15) is 42.3 Å². The van der Waals surface area contributed by atoms with E-state index in [0.29, 0.717) is 24.0 Å². The van der Waals surface area contributed by atoms with Gasteiger partial charge in [-0.1, -0.05) is 18.6 Å². The number of nitrogens with one attached hydrogen (secondary N) is 1. The number of aryl methyl sites for hydroxylation is 1. The van der Waals surface area contributed by atoms with E-state index in [0.717, 1.165) is 24.1 Å². The van der Waals surface area contributed by atoms with E-state index >= 15 is 0 Å². The molecule has 2 aromatic rings. The number of Topliss-reactive ketones (excluding diaryl/α,β-unsaturated/α-hetero) is 1. The van der Waals surface area contributed by atoms with E-state index < -0.39 is 0 Å². The van der Waals surface area contributed by atoms with E-state index in [2.05, 4.69) is 18.3 Å². The van der Waals surface area contributed by atoms with Crippen molar-refractivity contribution < 1.29 is 9.21 Å². The van der Waals surface area contributed by atoms with Crippen LogP contribution in [-0.2, 0) is 0 Å². The highest BCUT2D eigenvalue weighted by Crippen LogP contribution is 2.26. The fourth-order valence-electron chi connectivity index (χ4n) is 3.22. The van der Waals surface area contributed by atoms with Crippen molar-refractivity contribution in [2.24, 2.45) is 11.8 Å². The van der Waals surface area contributed by atoms with Crippen LogP contribution in [0.4, 0.5) is 0 Å². The van der Waals surface area contributed by atoms with Gasteiger partial charge in [-0.15, -0.1) is 0 Å². The number of ketones is 1. The van der Waals surface area contributed by atoms with Crippen molar-refractivity contribution in [3.05, 3.63) is 35.6 Å². The molecule has 1 saturated heterocycles. The molecule has 1 aliphatic rings. The lowest BCUT2D eigenvalue weighted by Crippen LogP contribution is -2.33. The Kier molecular flexibility index (Phi) is 4.11. The smallest absolute Gasteiger partial charge is 0.198 e. The summed E-state index contributed by atoms with van der Waals surface area (Å²) in [5.74, 6) is 1.64. The highest BCUT2D eigenvalue weighted by atomic mass is 16.3. The van der Waals surface area contributed by atoms with Crippen LogP contribution in [0, 0.1) is 18.8 Å². The molecule has 2 unspecified atom stereocenters. The summed E-state index contributed by atoms with van der Waals surface area (Å²) in [6, 6.07) is 7.90. The summed E-state index contributed by atoms with van der Waals surface area (Å²) in [5.41, 5.74) is 1.99. The predicted octanol–water partition coefficient (Wildman–Crippen LogP) is 3.95. The maximum atomic E-state index is 12.4. The van der Waals surface area contributed by atoms with Crippen molar-refractivity contribution in [1.82, 2.24) is 5.32 Å². The predicted molar refractivity (Wildman–Crippen MR) is 84.7 cm³/mol. The summed E-state index contributed by atoms with van der Waals surface area (Å²) in [4.78, 5) is 12.4. The van der Waals surface area contributed by atoms with Gasteiger partial charge in [0.15, 0.2) is 11.5 Å². The summed E-state index contributed by atoms with van der Waals surface area (Å²) < 4.78 is 5.71. The van der Waals surface area contributed by atoms with Crippen LogP contribution in [-0.4, -0.2) is 18.9 Å². The molecule has 0 spiro atoms. The van der Waals surface area contributed by atoms with Crippen LogP contribution in [0.25, 0.3) is 11.0 Å². The van der Waals surface area contributed by atoms with Gasteiger partial charge in [-0.05, 0) is 62.9 Å². The lowest BCUT2D eigenvalue weighted by Gasteiger charge is -2.27. The van der Waals surface area contributed by atoms with Gasteiger partial charge in [0.2, 0.25) is 0 Å². The molecule has 21 heavy (non-hydrogen) atoms. The minimum absolute atomic E-state index is 0.127. The zero-order chi connectivity index (χ0) is 14.8. The molecule has 0 saturated carbocycles. The Bertz CT molecular complexity index is 638. The van der Waals surface area contributed by atoms with Gasteiger partial charge in [0.1, 0.15) is 5.58 Å². The first-order chi connectivity index (χ1) is 10.1. The Morgan fingerprint density at radius 1 is 1.43 bits per heavy atom. The van der Waals surface area contributed by atoms with Gasteiger partial charge in [-0.2, -0.15) is 0 Å². The third-order valence-corrected chi connectivity index (χ3v) is 4.59. The van der Waals surface area contributed by atoms with E-state index in [-0.39, 0.29) is 5.78 Å². The summed E-state index contributed by atoms with van der Waals surface area (Å²) in [6.45, 7) is 6.38.